The number of nitrogens with zero attached hydrogens (tertiary/aromatic N) is 4. The first-order valence-electron chi connectivity index (χ1n) is 12.4. The van der Waals surface area contributed by atoms with Gasteiger partial charge in [0.05, 0.1) is 5.52 Å². The number of aromatic nitrogens is 2. The molecule has 0 radical (unpaired) electrons. The lowest BCUT2D eigenvalue weighted by Gasteiger charge is -2.34. The van der Waals surface area contributed by atoms with Crippen molar-refractivity contribution < 1.29 is 4.79 Å². The van der Waals surface area contributed by atoms with Gasteiger partial charge in [0.25, 0.3) is 0 Å². The summed E-state index contributed by atoms with van der Waals surface area (Å²) in [5, 5.41) is 9.94. The fourth-order valence-corrected chi connectivity index (χ4v) is 5.28. The largest absolute Gasteiger partial charge is 0.362 e. The second-order valence-electron chi connectivity index (χ2n) is 9.57. The van der Waals surface area contributed by atoms with Crippen molar-refractivity contribution in [3.63, 3.8) is 0 Å². The van der Waals surface area contributed by atoms with Gasteiger partial charge in [-0.15, -0.1) is 0 Å². The number of anilines is 2. The second kappa shape index (κ2) is 10.6. The molecule has 2 N–H and O–H groups in total. The zero-order valence-electron chi connectivity index (χ0n) is 20.7. The van der Waals surface area contributed by atoms with Gasteiger partial charge >= 0.3 is 6.03 Å². The van der Waals surface area contributed by atoms with Gasteiger partial charge in [-0.2, -0.15) is 4.98 Å². The molecule has 1 aliphatic rings. The SMILES string of the molecule is CN(C)c1nc(NC2CCC(N(S)C(=O)NCc3cccc4ccccc34)CC2)nc2ccccc12. The van der Waals surface area contributed by atoms with E-state index in [1.807, 2.05) is 61.5 Å². The van der Waals surface area contributed by atoms with Gasteiger partial charge < -0.3 is 15.5 Å². The van der Waals surface area contributed by atoms with E-state index >= 15 is 0 Å². The number of fused-ring (bicyclic) bond motifs is 2. The molecule has 1 saturated carbocycles. The topological polar surface area (TPSA) is 73.4 Å². The predicted octanol–water partition coefficient (Wildman–Crippen LogP) is 5.63. The quantitative estimate of drug-likeness (QED) is 0.299. The van der Waals surface area contributed by atoms with Gasteiger partial charge in [-0.05, 0) is 54.2 Å². The van der Waals surface area contributed by atoms with E-state index in [2.05, 4.69) is 47.7 Å². The molecule has 0 unspecified atom stereocenters. The maximum absolute atomic E-state index is 12.8. The third-order valence-corrected chi connectivity index (χ3v) is 7.41. The van der Waals surface area contributed by atoms with Gasteiger partial charge in [-0.3, -0.25) is 4.31 Å². The molecule has 0 bridgehead atoms. The van der Waals surface area contributed by atoms with Gasteiger partial charge in [0.2, 0.25) is 5.95 Å². The number of amides is 2. The molecule has 0 spiro atoms. The number of urea groups is 1. The Labute approximate surface area is 217 Å². The minimum Gasteiger partial charge on any atom is -0.362 e. The normalized spacial score (nSPS) is 17.6. The maximum Gasteiger partial charge on any atom is 0.327 e. The van der Waals surface area contributed by atoms with Crippen molar-refractivity contribution in [2.45, 2.75) is 44.3 Å². The highest BCUT2D eigenvalue weighted by Gasteiger charge is 2.28. The van der Waals surface area contributed by atoms with Crippen LogP contribution in [0.15, 0.2) is 66.7 Å². The lowest BCUT2D eigenvalue weighted by atomic mass is 9.91. The second-order valence-corrected chi connectivity index (χ2v) is 10.0. The number of hydrogen-bond donors (Lipinski definition) is 3. The summed E-state index contributed by atoms with van der Waals surface area (Å²) < 4.78 is 1.57. The number of carbonyl (C=O) groups is 1. The molecular formula is C28H32N6OS. The van der Waals surface area contributed by atoms with E-state index in [0.29, 0.717) is 12.5 Å². The summed E-state index contributed by atoms with van der Waals surface area (Å²) in [7, 11) is 3.99. The van der Waals surface area contributed by atoms with E-state index < -0.39 is 0 Å². The van der Waals surface area contributed by atoms with Gasteiger partial charge in [0, 0.05) is 38.1 Å². The highest BCUT2D eigenvalue weighted by atomic mass is 32.1. The van der Waals surface area contributed by atoms with Crippen LogP contribution in [-0.2, 0) is 6.54 Å². The smallest absolute Gasteiger partial charge is 0.327 e. The van der Waals surface area contributed by atoms with Crippen molar-refractivity contribution >= 4 is 52.3 Å². The van der Waals surface area contributed by atoms with E-state index in [1.165, 1.54) is 5.39 Å². The Morgan fingerprint density at radius 1 is 0.917 bits per heavy atom. The number of hydrogen-bond acceptors (Lipinski definition) is 6. The first-order chi connectivity index (χ1) is 17.5. The third-order valence-electron chi connectivity index (χ3n) is 6.90. The standard InChI is InChI=1S/C28H32N6OS/c1-33(2)26-24-12-5-6-13-25(24)31-27(32-26)30-21-14-16-22(17-15-21)34(36)28(35)29-18-20-10-7-9-19-8-3-4-11-23(19)20/h3-13,21-22,36H,14-18H2,1-2H3,(H,29,35)(H,30,31,32). The summed E-state index contributed by atoms with van der Waals surface area (Å²) in [6, 6.07) is 22.7. The number of nitrogens with one attached hydrogen (secondary N) is 2. The Hall–Kier alpha value is -3.52. The molecule has 186 valence electrons. The number of thiol groups is 1. The summed E-state index contributed by atoms with van der Waals surface area (Å²) >= 11 is 4.56. The van der Waals surface area contributed by atoms with Crippen LogP contribution in [0.3, 0.4) is 0 Å². The molecule has 7 nitrogen and oxygen atoms in total. The van der Waals surface area contributed by atoms with Crippen LogP contribution >= 0.6 is 12.8 Å². The van der Waals surface area contributed by atoms with Crippen LogP contribution in [0.1, 0.15) is 31.2 Å². The number of carbonyl (C=O) groups excluding carboxylic acids is 1. The van der Waals surface area contributed by atoms with Crippen molar-refractivity contribution in [3.05, 3.63) is 72.3 Å². The van der Waals surface area contributed by atoms with E-state index in [-0.39, 0.29) is 18.1 Å². The highest BCUT2D eigenvalue weighted by molar-refractivity contribution is 7.78. The summed E-state index contributed by atoms with van der Waals surface area (Å²) in [5.74, 6) is 1.55. The molecule has 0 saturated heterocycles. The number of rotatable bonds is 6. The Morgan fingerprint density at radius 3 is 2.39 bits per heavy atom. The average molecular weight is 501 g/mol. The first kappa shape index (κ1) is 24.2. The summed E-state index contributed by atoms with van der Waals surface area (Å²) in [6.07, 6.45) is 3.59. The maximum atomic E-state index is 12.8. The minimum atomic E-state index is -0.156. The fraction of sp³-hybridized carbons (Fsp3) is 0.321. The fourth-order valence-electron chi connectivity index (χ4n) is 4.98. The van der Waals surface area contributed by atoms with E-state index in [9.17, 15) is 4.79 Å². The lowest BCUT2D eigenvalue weighted by Crippen LogP contribution is -2.43. The van der Waals surface area contributed by atoms with Crippen molar-refractivity contribution in [1.82, 2.24) is 19.6 Å². The van der Waals surface area contributed by atoms with Crippen molar-refractivity contribution in [2.24, 2.45) is 0 Å². The predicted molar refractivity (Wildman–Crippen MR) is 151 cm³/mol. The zero-order valence-corrected chi connectivity index (χ0v) is 21.6. The van der Waals surface area contributed by atoms with E-state index in [4.69, 9.17) is 9.97 Å². The number of benzene rings is 3. The molecule has 8 heteroatoms. The number of para-hydroxylation sites is 1. The molecule has 2 amide bonds. The molecule has 1 heterocycles. The van der Waals surface area contributed by atoms with E-state index in [0.717, 1.165) is 53.4 Å². The lowest BCUT2D eigenvalue weighted by molar-refractivity contribution is 0.204. The van der Waals surface area contributed by atoms with Crippen LogP contribution in [0.5, 0.6) is 0 Å². The van der Waals surface area contributed by atoms with Gasteiger partial charge in [-0.1, -0.05) is 67.4 Å². The van der Waals surface area contributed by atoms with Crippen molar-refractivity contribution in [2.75, 3.05) is 24.3 Å². The van der Waals surface area contributed by atoms with Crippen LogP contribution in [-0.4, -0.2) is 46.5 Å². The van der Waals surface area contributed by atoms with Crippen LogP contribution in [0.2, 0.25) is 0 Å². The molecule has 5 rings (SSSR count). The first-order valence-corrected chi connectivity index (χ1v) is 12.8. The van der Waals surface area contributed by atoms with Crippen molar-refractivity contribution in [1.29, 1.82) is 0 Å². The average Bonchev–Trinajstić information content (AvgIpc) is 2.91. The van der Waals surface area contributed by atoms with Gasteiger partial charge in [0.1, 0.15) is 5.82 Å². The Kier molecular flexibility index (Phi) is 7.13. The molecule has 36 heavy (non-hydrogen) atoms. The molecule has 4 aromatic rings. The molecular weight excluding hydrogens is 468 g/mol. The third kappa shape index (κ3) is 5.18. The van der Waals surface area contributed by atoms with Gasteiger partial charge in [0.15, 0.2) is 0 Å². The van der Waals surface area contributed by atoms with Crippen LogP contribution < -0.4 is 15.5 Å². The van der Waals surface area contributed by atoms with Crippen molar-refractivity contribution in [3.8, 4) is 0 Å². The molecule has 1 fully saturated rings. The highest BCUT2D eigenvalue weighted by Crippen LogP contribution is 2.28. The summed E-state index contributed by atoms with van der Waals surface area (Å²) in [5.41, 5.74) is 2.03. The van der Waals surface area contributed by atoms with Crippen LogP contribution in [0.4, 0.5) is 16.6 Å². The van der Waals surface area contributed by atoms with E-state index in [1.54, 1.807) is 4.31 Å². The Morgan fingerprint density at radius 2 is 1.61 bits per heavy atom. The zero-order chi connectivity index (χ0) is 25.1. The Balaban J connectivity index is 1.17. The van der Waals surface area contributed by atoms with Crippen LogP contribution in [0.25, 0.3) is 21.7 Å². The Bertz CT molecular complexity index is 1360. The van der Waals surface area contributed by atoms with Gasteiger partial charge in [-0.25, -0.2) is 9.78 Å². The molecule has 0 aliphatic heterocycles. The summed E-state index contributed by atoms with van der Waals surface area (Å²) in [4.78, 5) is 24.4. The molecule has 1 aromatic heterocycles. The summed E-state index contributed by atoms with van der Waals surface area (Å²) in [6.45, 7) is 0.474. The van der Waals surface area contributed by atoms with Crippen LogP contribution in [0, 0.1) is 0 Å². The molecule has 0 atom stereocenters. The molecule has 1 aliphatic carbocycles. The minimum absolute atomic E-state index is 0.0914. The molecule has 3 aromatic carbocycles. The monoisotopic (exact) mass is 500 g/mol.